The van der Waals surface area contributed by atoms with Gasteiger partial charge < -0.3 is 14.8 Å². The van der Waals surface area contributed by atoms with E-state index in [-0.39, 0.29) is 10.6 Å². The molecule has 1 N–H and O–H groups in total. The Kier molecular flexibility index (Phi) is 5.82. The van der Waals surface area contributed by atoms with Crippen molar-refractivity contribution in [3.63, 3.8) is 0 Å². The van der Waals surface area contributed by atoms with Crippen molar-refractivity contribution in [2.24, 2.45) is 0 Å². The van der Waals surface area contributed by atoms with Crippen molar-refractivity contribution in [2.75, 3.05) is 20.8 Å². The molecule has 0 aliphatic rings. The van der Waals surface area contributed by atoms with Crippen LogP contribution in [0, 0.1) is 5.82 Å². The summed E-state index contributed by atoms with van der Waals surface area (Å²) in [6.45, 7) is 0.326. The molecule has 0 saturated heterocycles. The molecule has 23 heavy (non-hydrogen) atoms. The van der Waals surface area contributed by atoms with Crippen molar-refractivity contribution in [2.45, 2.75) is 6.42 Å². The van der Waals surface area contributed by atoms with Crippen LogP contribution in [0.1, 0.15) is 15.9 Å². The van der Waals surface area contributed by atoms with Gasteiger partial charge in [-0.05, 0) is 30.2 Å². The van der Waals surface area contributed by atoms with Gasteiger partial charge in [0, 0.05) is 12.6 Å². The Morgan fingerprint density at radius 1 is 1.22 bits per heavy atom. The summed E-state index contributed by atoms with van der Waals surface area (Å²) in [6.07, 6.45) is 0.533. The van der Waals surface area contributed by atoms with Gasteiger partial charge in [-0.1, -0.05) is 23.7 Å². The lowest BCUT2D eigenvalue weighted by Crippen LogP contribution is -2.27. The summed E-state index contributed by atoms with van der Waals surface area (Å²) >= 11 is 5.87. The smallest absolute Gasteiger partial charge is 0.255 e. The molecule has 0 unspecified atom stereocenters. The predicted molar refractivity (Wildman–Crippen MR) is 87.0 cm³/mol. The zero-order valence-electron chi connectivity index (χ0n) is 12.9. The second-order valence-corrected chi connectivity index (χ2v) is 5.19. The normalized spacial score (nSPS) is 10.3. The molecular formula is C17H17ClFNO3. The molecule has 2 aromatic rings. The SMILES string of the molecule is COc1ccc(CCNC(=O)c2c(F)cccc2Cl)c(OC)c1. The number of ether oxygens (including phenoxy) is 2. The average molecular weight is 338 g/mol. The van der Waals surface area contributed by atoms with E-state index in [2.05, 4.69) is 5.32 Å². The topological polar surface area (TPSA) is 47.6 Å². The first-order valence-corrected chi connectivity index (χ1v) is 7.37. The van der Waals surface area contributed by atoms with Gasteiger partial charge in [-0.25, -0.2) is 4.39 Å². The van der Waals surface area contributed by atoms with Crippen molar-refractivity contribution in [3.8, 4) is 11.5 Å². The highest BCUT2D eigenvalue weighted by Crippen LogP contribution is 2.25. The Bertz CT molecular complexity index is 686. The lowest BCUT2D eigenvalue weighted by atomic mass is 10.1. The van der Waals surface area contributed by atoms with Crippen LogP contribution in [0.15, 0.2) is 36.4 Å². The van der Waals surface area contributed by atoms with Crippen LogP contribution in [0.2, 0.25) is 5.02 Å². The van der Waals surface area contributed by atoms with Gasteiger partial charge in [0.1, 0.15) is 17.3 Å². The van der Waals surface area contributed by atoms with E-state index in [1.807, 2.05) is 12.1 Å². The van der Waals surface area contributed by atoms with E-state index in [4.69, 9.17) is 21.1 Å². The minimum Gasteiger partial charge on any atom is -0.497 e. The largest absolute Gasteiger partial charge is 0.497 e. The van der Waals surface area contributed by atoms with Gasteiger partial charge in [-0.2, -0.15) is 0 Å². The van der Waals surface area contributed by atoms with Crippen molar-refractivity contribution in [1.29, 1.82) is 0 Å². The van der Waals surface area contributed by atoms with E-state index in [9.17, 15) is 9.18 Å². The van der Waals surface area contributed by atoms with E-state index >= 15 is 0 Å². The Balaban J connectivity index is 2.01. The monoisotopic (exact) mass is 337 g/mol. The summed E-state index contributed by atoms with van der Waals surface area (Å²) < 4.78 is 24.1. The summed E-state index contributed by atoms with van der Waals surface area (Å²) in [5.41, 5.74) is 0.768. The molecule has 0 aliphatic heterocycles. The molecule has 0 fully saturated rings. The van der Waals surface area contributed by atoms with Crippen molar-refractivity contribution in [1.82, 2.24) is 5.32 Å². The minimum absolute atomic E-state index is 0.0875. The number of halogens is 2. The lowest BCUT2D eigenvalue weighted by Gasteiger charge is -2.11. The third kappa shape index (κ3) is 4.13. The summed E-state index contributed by atoms with van der Waals surface area (Å²) in [7, 11) is 3.14. The third-order valence-corrected chi connectivity index (χ3v) is 3.68. The number of benzene rings is 2. The molecule has 4 nitrogen and oxygen atoms in total. The quantitative estimate of drug-likeness (QED) is 0.878. The number of hydrogen-bond donors (Lipinski definition) is 1. The first-order valence-electron chi connectivity index (χ1n) is 7.00. The maximum atomic E-state index is 13.7. The van der Waals surface area contributed by atoms with Crippen LogP contribution in [-0.2, 0) is 6.42 Å². The highest BCUT2D eigenvalue weighted by Gasteiger charge is 2.15. The molecule has 0 radical (unpaired) electrons. The fourth-order valence-electron chi connectivity index (χ4n) is 2.17. The Labute approximate surface area is 139 Å². The van der Waals surface area contributed by atoms with Crippen molar-refractivity contribution < 1.29 is 18.7 Å². The van der Waals surface area contributed by atoms with Crippen LogP contribution in [0.25, 0.3) is 0 Å². The lowest BCUT2D eigenvalue weighted by molar-refractivity contribution is 0.0950. The van der Waals surface area contributed by atoms with E-state index < -0.39 is 11.7 Å². The van der Waals surface area contributed by atoms with Gasteiger partial charge in [0.15, 0.2) is 0 Å². The van der Waals surface area contributed by atoms with Crippen LogP contribution in [-0.4, -0.2) is 26.7 Å². The molecule has 0 aromatic heterocycles. The van der Waals surface area contributed by atoms with Gasteiger partial charge in [0.05, 0.1) is 24.8 Å². The highest BCUT2D eigenvalue weighted by molar-refractivity contribution is 6.33. The van der Waals surface area contributed by atoms with E-state index in [0.717, 1.165) is 5.56 Å². The molecule has 0 bridgehead atoms. The van der Waals surface area contributed by atoms with Crippen LogP contribution in [0.4, 0.5) is 4.39 Å². The molecule has 1 amide bonds. The second-order valence-electron chi connectivity index (χ2n) is 4.78. The number of nitrogens with one attached hydrogen (secondary N) is 1. The maximum Gasteiger partial charge on any atom is 0.255 e. The van der Waals surface area contributed by atoms with Crippen LogP contribution >= 0.6 is 11.6 Å². The van der Waals surface area contributed by atoms with Crippen LogP contribution < -0.4 is 14.8 Å². The number of methoxy groups -OCH3 is 2. The molecule has 0 saturated carbocycles. The standard InChI is InChI=1S/C17H17ClFNO3/c1-22-12-7-6-11(15(10-12)23-2)8-9-20-17(21)16-13(18)4-3-5-14(16)19/h3-7,10H,8-9H2,1-2H3,(H,20,21). The molecule has 2 aromatic carbocycles. The fourth-order valence-corrected chi connectivity index (χ4v) is 2.42. The van der Waals surface area contributed by atoms with E-state index in [1.54, 1.807) is 20.3 Å². The fraction of sp³-hybridized carbons (Fsp3) is 0.235. The van der Waals surface area contributed by atoms with E-state index in [0.29, 0.717) is 24.5 Å². The molecule has 0 spiro atoms. The Morgan fingerprint density at radius 3 is 2.65 bits per heavy atom. The molecule has 2 rings (SSSR count). The summed E-state index contributed by atoms with van der Waals surface area (Å²) in [5, 5.41) is 2.75. The van der Waals surface area contributed by atoms with Gasteiger partial charge >= 0.3 is 0 Å². The van der Waals surface area contributed by atoms with Crippen molar-refractivity contribution in [3.05, 3.63) is 58.4 Å². The first-order chi connectivity index (χ1) is 11.1. The van der Waals surface area contributed by atoms with Gasteiger partial charge in [0.2, 0.25) is 0 Å². The number of carbonyl (C=O) groups is 1. The number of hydrogen-bond acceptors (Lipinski definition) is 3. The first kappa shape index (κ1) is 17.1. The highest BCUT2D eigenvalue weighted by atomic mass is 35.5. The van der Waals surface area contributed by atoms with Gasteiger partial charge in [-0.15, -0.1) is 0 Å². The van der Waals surface area contributed by atoms with Crippen LogP contribution in [0.3, 0.4) is 0 Å². The zero-order chi connectivity index (χ0) is 16.8. The molecule has 0 heterocycles. The molecule has 122 valence electrons. The number of amides is 1. The molecule has 0 atom stereocenters. The number of carbonyl (C=O) groups excluding carboxylic acids is 1. The Hall–Kier alpha value is -2.27. The molecular weight excluding hydrogens is 321 g/mol. The van der Waals surface area contributed by atoms with E-state index in [1.165, 1.54) is 18.2 Å². The maximum absolute atomic E-state index is 13.7. The summed E-state index contributed by atoms with van der Waals surface area (Å²) in [6, 6.07) is 9.58. The summed E-state index contributed by atoms with van der Waals surface area (Å²) in [5.74, 6) is 0.174. The van der Waals surface area contributed by atoms with Gasteiger partial charge in [-0.3, -0.25) is 4.79 Å². The van der Waals surface area contributed by atoms with Gasteiger partial charge in [0.25, 0.3) is 5.91 Å². The molecule has 0 aliphatic carbocycles. The molecule has 6 heteroatoms. The zero-order valence-corrected chi connectivity index (χ0v) is 13.6. The predicted octanol–water partition coefficient (Wildman–Crippen LogP) is 3.47. The average Bonchev–Trinajstić information content (AvgIpc) is 2.55. The number of rotatable bonds is 6. The Morgan fingerprint density at radius 2 is 2.00 bits per heavy atom. The second kappa shape index (κ2) is 7.83. The van der Waals surface area contributed by atoms with Crippen LogP contribution in [0.5, 0.6) is 11.5 Å². The van der Waals surface area contributed by atoms with Crippen molar-refractivity contribution >= 4 is 17.5 Å². The summed E-state index contributed by atoms with van der Waals surface area (Å²) in [4.78, 5) is 12.0. The minimum atomic E-state index is -0.642. The third-order valence-electron chi connectivity index (χ3n) is 3.36.